The lowest BCUT2D eigenvalue weighted by molar-refractivity contribution is -0.225. The molecule has 11 atom stereocenters. The molecule has 212 valence electrons. The van der Waals surface area contributed by atoms with Gasteiger partial charge in [-0.25, -0.2) is 4.79 Å². The van der Waals surface area contributed by atoms with E-state index in [2.05, 4.69) is 6.92 Å². The number of hydrogen-bond donors (Lipinski definition) is 1. The molecule has 5 rings (SSSR count). The summed E-state index contributed by atoms with van der Waals surface area (Å²) in [7, 11) is 0. The fourth-order valence-corrected chi connectivity index (χ4v) is 9.48. The summed E-state index contributed by atoms with van der Waals surface area (Å²) in [6, 6.07) is 0. The molecule has 2 spiro atoms. The molecule has 0 bridgehead atoms. The second-order valence-corrected chi connectivity index (χ2v) is 13.5. The fourth-order valence-electron chi connectivity index (χ4n) is 9.48. The van der Waals surface area contributed by atoms with E-state index in [9.17, 15) is 19.5 Å². The van der Waals surface area contributed by atoms with Crippen LogP contribution in [-0.4, -0.2) is 52.3 Å². The highest BCUT2D eigenvalue weighted by molar-refractivity contribution is 5.88. The third kappa shape index (κ3) is 3.49. The second-order valence-electron chi connectivity index (χ2n) is 13.5. The van der Waals surface area contributed by atoms with Crippen LogP contribution < -0.4 is 0 Å². The predicted molar refractivity (Wildman–Crippen MR) is 141 cm³/mol. The van der Waals surface area contributed by atoms with Gasteiger partial charge in [0.25, 0.3) is 0 Å². The van der Waals surface area contributed by atoms with Crippen molar-refractivity contribution in [3.05, 3.63) is 11.6 Å². The molecule has 0 radical (unpaired) electrons. The largest absolute Gasteiger partial charge is 0.458 e. The van der Waals surface area contributed by atoms with Crippen molar-refractivity contribution in [3.8, 4) is 0 Å². The van der Waals surface area contributed by atoms with Crippen molar-refractivity contribution in [2.24, 2.45) is 34.5 Å². The van der Waals surface area contributed by atoms with Crippen LogP contribution in [0.5, 0.6) is 0 Å². The number of hydrogen-bond acceptors (Lipinski definition) is 7. The molecule has 1 heterocycles. The average Bonchev–Trinajstić information content (AvgIpc) is 3.43. The van der Waals surface area contributed by atoms with Crippen LogP contribution in [0.2, 0.25) is 0 Å². The molecule has 1 saturated heterocycles. The first kappa shape index (κ1) is 27.8. The highest BCUT2D eigenvalue weighted by atomic mass is 16.7. The molecule has 0 unspecified atom stereocenters. The number of allylic oxidation sites excluding steroid dienone is 1. The van der Waals surface area contributed by atoms with E-state index in [1.165, 1.54) is 0 Å². The van der Waals surface area contributed by atoms with Crippen molar-refractivity contribution < 1.29 is 33.7 Å². The van der Waals surface area contributed by atoms with E-state index in [1.54, 1.807) is 26.8 Å². The Morgan fingerprint density at radius 2 is 1.79 bits per heavy atom. The highest BCUT2D eigenvalue weighted by Gasteiger charge is 2.91. The maximum Gasteiger partial charge on any atom is 0.333 e. The fraction of sp³-hybridized carbons (Fsp3) is 0.839. The van der Waals surface area contributed by atoms with Gasteiger partial charge in [0.15, 0.2) is 0 Å². The molecule has 5 aliphatic rings. The van der Waals surface area contributed by atoms with E-state index >= 15 is 0 Å². The van der Waals surface area contributed by atoms with Gasteiger partial charge in [0.2, 0.25) is 0 Å². The second kappa shape index (κ2) is 9.15. The molecule has 5 fully saturated rings. The van der Waals surface area contributed by atoms with E-state index < -0.39 is 34.8 Å². The summed E-state index contributed by atoms with van der Waals surface area (Å²) in [5, 5.41) is 10.6. The van der Waals surface area contributed by atoms with Gasteiger partial charge in [0, 0.05) is 22.8 Å². The predicted octanol–water partition coefficient (Wildman–Crippen LogP) is 4.93. The number of ether oxygens (including phenoxy) is 3. The van der Waals surface area contributed by atoms with Gasteiger partial charge in [-0.15, -0.1) is 0 Å². The normalized spacial score (nSPS) is 48.1. The molecule has 7 nitrogen and oxygen atoms in total. The van der Waals surface area contributed by atoms with Crippen molar-refractivity contribution in [1.29, 1.82) is 0 Å². The Hall–Kier alpha value is -1.73. The number of carbonyl (C=O) groups excluding carboxylic acids is 3. The molecule has 0 aromatic rings. The maximum atomic E-state index is 13.5. The Labute approximate surface area is 227 Å². The minimum absolute atomic E-state index is 0.0602. The standard InChI is InChI=1S/C31H46O7/c1-8-17(3)26(34)36-23-24-28(6)13-11-21(33)16-20(28)10-14-30(24)31(38-30)15-12-22(19(5)32)29(31,7)25(23)37-27(35)18(4)9-2/h9,17,20-25,33H,8,10-16H2,1-7H3/b18-9+/t17-,20+,21+,22+,23+,24-,25-,28+,29+,30+,31-/m1/s1. The van der Waals surface area contributed by atoms with Gasteiger partial charge in [-0.3, -0.25) is 9.59 Å². The minimum atomic E-state index is -0.809. The van der Waals surface area contributed by atoms with Crippen LogP contribution >= 0.6 is 0 Å². The number of epoxide rings is 1. The lowest BCUT2D eigenvalue weighted by Gasteiger charge is -2.61. The molecular formula is C31H46O7. The van der Waals surface area contributed by atoms with Gasteiger partial charge in [-0.05, 0) is 83.5 Å². The van der Waals surface area contributed by atoms with Gasteiger partial charge >= 0.3 is 11.9 Å². The number of ketones is 1. The molecule has 0 aromatic carbocycles. The molecule has 4 saturated carbocycles. The topological polar surface area (TPSA) is 102 Å². The first-order valence-electron chi connectivity index (χ1n) is 14.8. The van der Waals surface area contributed by atoms with Crippen LogP contribution in [0.25, 0.3) is 0 Å². The van der Waals surface area contributed by atoms with Crippen molar-refractivity contribution in [2.75, 3.05) is 0 Å². The lowest BCUT2D eigenvalue weighted by atomic mass is 9.43. The van der Waals surface area contributed by atoms with E-state index in [-0.39, 0.29) is 46.9 Å². The average molecular weight is 531 g/mol. The number of Topliss-reactive ketones (excluding diaryl/α,β-unsaturated/α-hetero) is 1. The SMILES string of the molecule is C/C=C(\C)C(=O)O[C@@H]1[C@@H](OC(=O)[C@H](C)CC)[C@@H]2[C@@]3(C)CC[C@H](O)C[C@@H]3CC[C@]23O[C@@]32CC[C@@H](C(C)=O)[C@@]12C. The Bertz CT molecular complexity index is 1050. The van der Waals surface area contributed by atoms with Crippen molar-refractivity contribution in [3.63, 3.8) is 0 Å². The van der Waals surface area contributed by atoms with E-state index in [1.807, 2.05) is 20.8 Å². The summed E-state index contributed by atoms with van der Waals surface area (Å²) < 4.78 is 19.9. The smallest absolute Gasteiger partial charge is 0.333 e. The number of carbonyl (C=O) groups is 3. The molecule has 1 aliphatic heterocycles. The summed E-state index contributed by atoms with van der Waals surface area (Å²) >= 11 is 0. The summed E-state index contributed by atoms with van der Waals surface area (Å²) in [5.41, 5.74) is -1.71. The Balaban J connectivity index is 1.69. The number of aliphatic hydroxyl groups excluding tert-OH is 1. The number of esters is 2. The summed E-state index contributed by atoms with van der Waals surface area (Å²) in [4.78, 5) is 39.9. The zero-order chi connectivity index (χ0) is 27.8. The van der Waals surface area contributed by atoms with Gasteiger partial charge in [-0.2, -0.15) is 0 Å². The van der Waals surface area contributed by atoms with Gasteiger partial charge in [-0.1, -0.05) is 33.8 Å². The lowest BCUT2D eigenvalue weighted by Crippen LogP contribution is -2.70. The monoisotopic (exact) mass is 530 g/mol. The number of aliphatic hydroxyl groups is 1. The quantitative estimate of drug-likeness (QED) is 0.295. The Morgan fingerprint density at radius 1 is 1.08 bits per heavy atom. The van der Waals surface area contributed by atoms with Crippen LogP contribution in [0.3, 0.4) is 0 Å². The third-order valence-electron chi connectivity index (χ3n) is 11.9. The summed E-state index contributed by atoms with van der Waals surface area (Å²) in [6.07, 6.45) is 5.84. The molecular weight excluding hydrogens is 484 g/mol. The van der Waals surface area contributed by atoms with Crippen molar-refractivity contribution >= 4 is 17.7 Å². The summed E-state index contributed by atoms with van der Waals surface area (Å²) in [5.74, 6) is -1.26. The maximum absolute atomic E-state index is 13.5. The molecule has 38 heavy (non-hydrogen) atoms. The highest BCUT2D eigenvalue weighted by Crippen LogP contribution is 2.81. The molecule has 7 heteroatoms. The molecule has 1 N–H and O–H groups in total. The van der Waals surface area contributed by atoms with Gasteiger partial charge < -0.3 is 19.3 Å². The Morgan fingerprint density at radius 3 is 2.42 bits per heavy atom. The van der Waals surface area contributed by atoms with Crippen LogP contribution in [0.15, 0.2) is 11.6 Å². The number of fused-ring (bicyclic) bond motifs is 2. The third-order valence-corrected chi connectivity index (χ3v) is 11.9. The van der Waals surface area contributed by atoms with Gasteiger partial charge in [0.05, 0.1) is 12.0 Å². The van der Waals surface area contributed by atoms with E-state index in [4.69, 9.17) is 14.2 Å². The summed E-state index contributed by atoms with van der Waals surface area (Å²) in [6.45, 7) is 13.3. The number of rotatable bonds is 6. The zero-order valence-electron chi connectivity index (χ0n) is 24.2. The van der Waals surface area contributed by atoms with Crippen LogP contribution in [0, 0.1) is 34.5 Å². The van der Waals surface area contributed by atoms with Gasteiger partial charge in [0.1, 0.15) is 29.2 Å². The molecule has 0 amide bonds. The van der Waals surface area contributed by atoms with E-state index in [0.717, 1.165) is 32.1 Å². The first-order chi connectivity index (χ1) is 17.8. The minimum Gasteiger partial charge on any atom is -0.458 e. The van der Waals surface area contributed by atoms with Crippen molar-refractivity contribution in [2.45, 2.75) is 129 Å². The van der Waals surface area contributed by atoms with Crippen LogP contribution in [0.1, 0.15) is 99.8 Å². The zero-order valence-corrected chi connectivity index (χ0v) is 24.2. The van der Waals surface area contributed by atoms with Crippen LogP contribution in [-0.2, 0) is 28.6 Å². The molecule has 0 aromatic heterocycles. The molecule has 4 aliphatic carbocycles. The first-order valence-corrected chi connectivity index (χ1v) is 14.8. The van der Waals surface area contributed by atoms with Crippen molar-refractivity contribution in [1.82, 2.24) is 0 Å². The van der Waals surface area contributed by atoms with E-state index in [0.29, 0.717) is 24.8 Å². The van der Waals surface area contributed by atoms with Crippen LogP contribution in [0.4, 0.5) is 0 Å². The Kier molecular flexibility index (Phi) is 6.70.